The second-order valence-electron chi connectivity index (χ2n) is 10.9. The zero-order chi connectivity index (χ0) is 19.0. The molecule has 3 heteroatoms. The summed E-state index contributed by atoms with van der Waals surface area (Å²) in [6.07, 6.45) is 0. The van der Waals surface area contributed by atoms with E-state index in [0.717, 1.165) is 5.96 Å². The fraction of sp³-hybridized carbons (Fsp3) is 0.950. The van der Waals surface area contributed by atoms with Crippen molar-refractivity contribution in [3.8, 4) is 0 Å². The van der Waals surface area contributed by atoms with Gasteiger partial charge >= 0.3 is 0 Å². The molecule has 0 bridgehead atoms. The molecule has 0 heterocycles. The Morgan fingerprint density at radius 1 is 0.652 bits per heavy atom. The van der Waals surface area contributed by atoms with Crippen LogP contribution in [0.15, 0.2) is 4.99 Å². The van der Waals surface area contributed by atoms with Crippen molar-refractivity contribution in [3.05, 3.63) is 0 Å². The van der Waals surface area contributed by atoms with E-state index in [1.807, 2.05) is 0 Å². The fourth-order valence-corrected chi connectivity index (χ4v) is 3.42. The molecule has 0 aromatic carbocycles. The van der Waals surface area contributed by atoms with Crippen molar-refractivity contribution < 1.29 is 0 Å². The van der Waals surface area contributed by atoms with E-state index in [0.29, 0.717) is 6.04 Å². The Bertz CT molecular complexity index is 392. The maximum absolute atomic E-state index is 5.20. The van der Waals surface area contributed by atoms with E-state index >= 15 is 0 Å². The molecule has 23 heavy (non-hydrogen) atoms. The highest BCUT2D eigenvalue weighted by Gasteiger charge is 2.40. The molecule has 138 valence electrons. The molecular formula is C20H43N3. The van der Waals surface area contributed by atoms with Crippen LogP contribution < -0.4 is 0 Å². The molecule has 0 aliphatic heterocycles. The Hall–Kier alpha value is -0.730. The Morgan fingerprint density at radius 2 is 1.00 bits per heavy atom. The lowest BCUT2D eigenvalue weighted by atomic mass is 9.94. The third kappa shape index (κ3) is 6.73. The van der Waals surface area contributed by atoms with E-state index < -0.39 is 0 Å². The molecular weight excluding hydrogens is 282 g/mol. The van der Waals surface area contributed by atoms with Crippen LogP contribution in [-0.4, -0.2) is 44.0 Å². The third-order valence-electron chi connectivity index (χ3n) is 3.43. The summed E-state index contributed by atoms with van der Waals surface area (Å²) in [4.78, 5) is 10.1. The summed E-state index contributed by atoms with van der Waals surface area (Å²) >= 11 is 0. The van der Waals surface area contributed by atoms with Gasteiger partial charge in [-0.2, -0.15) is 0 Å². The number of rotatable bonds is 1. The molecule has 0 rings (SSSR count). The molecule has 0 amide bonds. The van der Waals surface area contributed by atoms with E-state index in [2.05, 4.69) is 107 Å². The first-order chi connectivity index (χ1) is 9.78. The molecule has 0 saturated carbocycles. The largest absolute Gasteiger partial charge is 0.336 e. The minimum absolute atomic E-state index is 0.00694. The highest BCUT2D eigenvalue weighted by Crippen LogP contribution is 2.31. The maximum Gasteiger partial charge on any atom is 0.198 e. The second kappa shape index (κ2) is 6.64. The molecule has 0 spiro atoms. The topological polar surface area (TPSA) is 18.8 Å². The lowest BCUT2D eigenvalue weighted by Gasteiger charge is -2.54. The monoisotopic (exact) mass is 325 g/mol. The average Bonchev–Trinajstić information content (AvgIpc) is 2.04. The molecule has 0 aliphatic rings. The standard InChI is InChI=1S/C20H43N3/c1-15(2)22(18(6,7)8)16(21-17(3,4)5)23(19(9,10)11)20(12,13)14/h15H,1-14H3. The first kappa shape index (κ1) is 22.3. The summed E-state index contributed by atoms with van der Waals surface area (Å²) < 4.78 is 0. The van der Waals surface area contributed by atoms with Crippen LogP contribution in [0.2, 0.25) is 0 Å². The van der Waals surface area contributed by atoms with Crippen LogP contribution in [0, 0.1) is 0 Å². The van der Waals surface area contributed by atoms with Crippen LogP contribution in [0.5, 0.6) is 0 Å². The van der Waals surface area contributed by atoms with E-state index in [4.69, 9.17) is 4.99 Å². The zero-order valence-corrected chi connectivity index (χ0v) is 18.4. The van der Waals surface area contributed by atoms with E-state index in [-0.39, 0.29) is 22.2 Å². The first-order valence-electron chi connectivity index (χ1n) is 8.98. The van der Waals surface area contributed by atoms with Gasteiger partial charge in [0, 0.05) is 22.7 Å². The highest BCUT2D eigenvalue weighted by atomic mass is 15.5. The smallest absolute Gasteiger partial charge is 0.198 e. The van der Waals surface area contributed by atoms with Crippen LogP contribution in [-0.2, 0) is 0 Å². The van der Waals surface area contributed by atoms with Crippen molar-refractivity contribution >= 4 is 5.96 Å². The van der Waals surface area contributed by atoms with Crippen molar-refractivity contribution in [1.82, 2.24) is 9.80 Å². The summed E-state index contributed by atoms with van der Waals surface area (Å²) in [6.45, 7) is 31.5. The Kier molecular flexibility index (Phi) is 6.43. The van der Waals surface area contributed by atoms with Gasteiger partial charge in [-0.25, -0.2) is 4.99 Å². The SMILES string of the molecule is CC(C)N(C(=NC(C)(C)C)N(C(C)(C)C)C(C)(C)C)C(C)(C)C. The molecule has 0 fully saturated rings. The summed E-state index contributed by atoms with van der Waals surface area (Å²) in [6, 6.07) is 0.378. The molecule has 0 radical (unpaired) electrons. The molecule has 0 N–H and O–H groups in total. The van der Waals surface area contributed by atoms with Crippen LogP contribution in [0.25, 0.3) is 0 Å². The summed E-state index contributed by atoms with van der Waals surface area (Å²) in [5.41, 5.74) is -0.142. The first-order valence-corrected chi connectivity index (χ1v) is 8.98. The molecule has 3 nitrogen and oxygen atoms in total. The van der Waals surface area contributed by atoms with E-state index in [9.17, 15) is 0 Å². The van der Waals surface area contributed by atoms with Gasteiger partial charge in [0.2, 0.25) is 0 Å². The Morgan fingerprint density at radius 3 is 1.17 bits per heavy atom. The minimum atomic E-state index is -0.123. The summed E-state index contributed by atoms with van der Waals surface area (Å²) in [5, 5.41) is 0. The number of hydrogen-bond acceptors (Lipinski definition) is 1. The van der Waals surface area contributed by atoms with Gasteiger partial charge in [0.25, 0.3) is 0 Å². The Labute approximate surface area is 146 Å². The van der Waals surface area contributed by atoms with Crippen molar-refractivity contribution in [1.29, 1.82) is 0 Å². The zero-order valence-electron chi connectivity index (χ0n) is 18.4. The van der Waals surface area contributed by atoms with Gasteiger partial charge in [-0.15, -0.1) is 0 Å². The average molecular weight is 326 g/mol. The molecule has 0 saturated heterocycles. The van der Waals surface area contributed by atoms with Crippen LogP contribution in [0.1, 0.15) is 96.9 Å². The predicted molar refractivity (Wildman–Crippen MR) is 105 cm³/mol. The molecule has 0 aliphatic carbocycles. The van der Waals surface area contributed by atoms with Gasteiger partial charge in [0.1, 0.15) is 0 Å². The van der Waals surface area contributed by atoms with Crippen LogP contribution >= 0.6 is 0 Å². The lowest BCUT2D eigenvalue weighted by Crippen LogP contribution is -2.65. The number of guanidine groups is 1. The maximum atomic E-state index is 5.20. The van der Waals surface area contributed by atoms with Gasteiger partial charge in [0.05, 0.1) is 5.54 Å². The van der Waals surface area contributed by atoms with Crippen molar-refractivity contribution in [2.75, 3.05) is 0 Å². The van der Waals surface area contributed by atoms with Crippen molar-refractivity contribution in [3.63, 3.8) is 0 Å². The summed E-state index contributed by atoms with van der Waals surface area (Å²) in [7, 11) is 0. The van der Waals surface area contributed by atoms with Crippen molar-refractivity contribution in [2.45, 2.75) is 125 Å². The normalized spacial score (nSPS) is 15.2. The molecule has 0 atom stereocenters. The number of aliphatic imine (C=N–C) groups is 1. The van der Waals surface area contributed by atoms with Crippen molar-refractivity contribution in [2.24, 2.45) is 4.99 Å². The lowest BCUT2D eigenvalue weighted by molar-refractivity contribution is 0.0729. The summed E-state index contributed by atoms with van der Waals surface area (Å²) in [5.74, 6) is 1.10. The highest BCUT2D eigenvalue weighted by molar-refractivity contribution is 5.83. The quantitative estimate of drug-likeness (QED) is 0.465. The van der Waals surface area contributed by atoms with Gasteiger partial charge in [-0.1, -0.05) is 0 Å². The van der Waals surface area contributed by atoms with E-state index in [1.54, 1.807) is 0 Å². The van der Waals surface area contributed by atoms with E-state index in [1.165, 1.54) is 0 Å². The molecule has 0 aromatic heterocycles. The predicted octanol–water partition coefficient (Wildman–Crippen LogP) is 5.55. The molecule has 0 unspecified atom stereocenters. The number of hydrogen-bond donors (Lipinski definition) is 0. The van der Waals surface area contributed by atoms with Crippen LogP contribution in [0.4, 0.5) is 0 Å². The second-order valence-corrected chi connectivity index (χ2v) is 10.9. The fourth-order valence-electron chi connectivity index (χ4n) is 3.42. The number of nitrogens with zero attached hydrogens (tertiary/aromatic N) is 3. The van der Waals surface area contributed by atoms with Gasteiger partial charge in [-0.3, -0.25) is 0 Å². The van der Waals surface area contributed by atoms with Gasteiger partial charge in [-0.05, 0) is 96.9 Å². The molecule has 0 aromatic rings. The third-order valence-corrected chi connectivity index (χ3v) is 3.43. The van der Waals surface area contributed by atoms with Crippen LogP contribution in [0.3, 0.4) is 0 Å². The minimum Gasteiger partial charge on any atom is -0.336 e. The Balaban J connectivity index is 6.54. The van der Waals surface area contributed by atoms with Gasteiger partial charge in [0.15, 0.2) is 5.96 Å². The van der Waals surface area contributed by atoms with Gasteiger partial charge < -0.3 is 9.80 Å².